The van der Waals surface area contributed by atoms with Crippen LogP contribution in [0.25, 0.3) is 55.6 Å². The Balaban J connectivity index is 1.04. The first-order chi connectivity index (χ1) is 20.7. The third-order valence-corrected chi connectivity index (χ3v) is 8.34. The molecule has 0 bridgehead atoms. The maximum atomic E-state index is 12.7. The topological polar surface area (TPSA) is 108 Å². The minimum absolute atomic E-state index is 0.0117. The first-order valence-corrected chi connectivity index (χ1v) is 14.3. The van der Waals surface area contributed by atoms with Crippen molar-refractivity contribution in [1.29, 1.82) is 0 Å². The quantitative estimate of drug-likeness (QED) is 0.283. The van der Waals surface area contributed by atoms with Crippen LogP contribution in [-0.4, -0.2) is 52.9 Å². The van der Waals surface area contributed by atoms with Crippen molar-refractivity contribution < 1.29 is 0 Å². The van der Waals surface area contributed by atoms with Crippen LogP contribution in [0.5, 0.6) is 0 Å². The van der Waals surface area contributed by atoms with E-state index < -0.39 is 0 Å². The highest BCUT2D eigenvalue weighted by Crippen LogP contribution is 2.32. The van der Waals surface area contributed by atoms with Gasteiger partial charge >= 0.3 is 5.69 Å². The zero-order valence-electron chi connectivity index (χ0n) is 22.9. The maximum absolute atomic E-state index is 12.7. The molecule has 1 fully saturated rings. The number of fused-ring (bicyclic) bond motifs is 3. The van der Waals surface area contributed by atoms with Crippen LogP contribution in [0.1, 0.15) is 24.4 Å². The third kappa shape index (κ3) is 4.35. The number of nitrogens with one attached hydrogen (secondary N) is 2. The lowest BCUT2D eigenvalue weighted by Crippen LogP contribution is -2.36. The van der Waals surface area contributed by atoms with E-state index in [0.717, 1.165) is 88.1 Å². The van der Waals surface area contributed by atoms with Crippen molar-refractivity contribution >= 4 is 33.1 Å². The van der Waals surface area contributed by atoms with Crippen LogP contribution in [0.15, 0.2) is 95.8 Å². The van der Waals surface area contributed by atoms with Gasteiger partial charge in [-0.05, 0) is 42.7 Å². The summed E-state index contributed by atoms with van der Waals surface area (Å²) in [6.45, 7) is 2.77. The molecular formula is C33H28N8O. The first-order valence-electron chi connectivity index (χ1n) is 14.3. The van der Waals surface area contributed by atoms with E-state index in [1.807, 2.05) is 59.2 Å². The number of imidazole rings is 1. The molecule has 0 amide bonds. The van der Waals surface area contributed by atoms with Gasteiger partial charge in [-0.3, -0.25) is 14.6 Å². The third-order valence-electron chi connectivity index (χ3n) is 8.34. The lowest BCUT2D eigenvalue weighted by Gasteiger charge is -2.32. The second kappa shape index (κ2) is 10.0. The van der Waals surface area contributed by atoms with Crippen LogP contribution >= 0.6 is 0 Å². The largest absolute Gasteiger partial charge is 0.326 e. The Labute approximate surface area is 240 Å². The van der Waals surface area contributed by atoms with Gasteiger partial charge < -0.3 is 4.98 Å². The van der Waals surface area contributed by atoms with Gasteiger partial charge in [0.2, 0.25) is 0 Å². The summed E-state index contributed by atoms with van der Waals surface area (Å²) in [7, 11) is 0. The van der Waals surface area contributed by atoms with E-state index in [-0.39, 0.29) is 11.7 Å². The van der Waals surface area contributed by atoms with E-state index in [9.17, 15) is 4.79 Å². The Morgan fingerprint density at radius 1 is 0.738 bits per heavy atom. The fraction of sp³-hybridized carbons (Fsp3) is 0.182. The minimum atomic E-state index is -0.0117. The predicted molar refractivity (Wildman–Crippen MR) is 164 cm³/mol. The Morgan fingerprint density at radius 3 is 2.21 bits per heavy atom. The lowest BCUT2D eigenvalue weighted by molar-refractivity contribution is 0.180. The molecule has 1 aliphatic heterocycles. The normalized spacial score (nSPS) is 14.8. The maximum Gasteiger partial charge on any atom is 0.326 e. The number of benzene rings is 4. The molecule has 0 atom stereocenters. The van der Waals surface area contributed by atoms with Gasteiger partial charge in [-0.25, -0.2) is 14.8 Å². The number of aromatic amines is 2. The van der Waals surface area contributed by atoms with Gasteiger partial charge in [-0.2, -0.15) is 0 Å². The molecule has 3 aromatic heterocycles. The smallest absolute Gasteiger partial charge is 0.306 e. The average molecular weight is 553 g/mol. The molecular weight excluding hydrogens is 524 g/mol. The molecule has 0 radical (unpaired) electrons. The summed E-state index contributed by atoms with van der Waals surface area (Å²) < 4.78 is 1.95. The number of piperidine rings is 1. The number of likely N-dealkylation sites (tertiary alicyclic amines) is 1. The highest BCUT2D eigenvalue weighted by Gasteiger charge is 2.24. The monoisotopic (exact) mass is 552 g/mol. The minimum Gasteiger partial charge on any atom is -0.306 e. The van der Waals surface area contributed by atoms with Crippen molar-refractivity contribution in [3.05, 3.63) is 107 Å². The Morgan fingerprint density at radius 2 is 1.43 bits per heavy atom. The fourth-order valence-corrected chi connectivity index (χ4v) is 6.19. The van der Waals surface area contributed by atoms with Crippen molar-refractivity contribution in [2.45, 2.75) is 25.4 Å². The van der Waals surface area contributed by atoms with E-state index in [1.165, 1.54) is 5.56 Å². The number of para-hydroxylation sites is 2. The van der Waals surface area contributed by atoms with Crippen molar-refractivity contribution in [3.63, 3.8) is 0 Å². The highest BCUT2D eigenvalue weighted by molar-refractivity contribution is 5.93. The van der Waals surface area contributed by atoms with Gasteiger partial charge in [0.25, 0.3) is 0 Å². The number of hydrogen-bond acceptors (Lipinski definition) is 6. The lowest BCUT2D eigenvalue weighted by atomic mass is 10.0. The standard InChI is InChI=1S/C33H28N8O/c42-33-36-25-8-4-5-9-30(25)41(33)24-14-16-40(17-15-24)20-21-10-12-23(13-11-21)32-31(22-6-2-1-3-7-22)34-26-18-28-29(38-39-37-28)19-27(26)35-32/h1-13,18-19,24H,14-17,20H2,(H,36,42)(H,37,38,39). The zero-order chi connectivity index (χ0) is 28.0. The molecule has 0 spiro atoms. The van der Waals surface area contributed by atoms with Crippen LogP contribution in [-0.2, 0) is 6.54 Å². The number of hydrogen-bond donors (Lipinski definition) is 2. The van der Waals surface area contributed by atoms with Crippen LogP contribution in [0.3, 0.4) is 0 Å². The summed E-state index contributed by atoms with van der Waals surface area (Å²) in [6, 6.07) is 30.9. The molecule has 0 unspecified atom stereocenters. The van der Waals surface area contributed by atoms with Gasteiger partial charge in [0.1, 0.15) is 5.52 Å². The van der Waals surface area contributed by atoms with Crippen molar-refractivity contribution in [3.8, 4) is 22.5 Å². The Hall–Kier alpha value is -5.15. The fourth-order valence-electron chi connectivity index (χ4n) is 6.19. The molecule has 9 nitrogen and oxygen atoms in total. The van der Waals surface area contributed by atoms with Gasteiger partial charge in [0, 0.05) is 36.8 Å². The van der Waals surface area contributed by atoms with Gasteiger partial charge in [-0.1, -0.05) is 71.9 Å². The van der Waals surface area contributed by atoms with Crippen molar-refractivity contribution in [2.75, 3.05) is 13.1 Å². The van der Waals surface area contributed by atoms with Crippen molar-refractivity contribution in [1.82, 2.24) is 39.8 Å². The molecule has 4 aromatic carbocycles. The van der Waals surface area contributed by atoms with E-state index in [2.05, 4.69) is 61.7 Å². The van der Waals surface area contributed by atoms with Crippen LogP contribution < -0.4 is 5.69 Å². The molecule has 1 saturated heterocycles. The number of aromatic nitrogens is 7. The van der Waals surface area contributed by atoms with Gasteiger partial charge in [0.05, 0.1) is 39.0 Å². The van der Waals surface area contributed by atoms with Crippen LogP contribution in [0, 0.1) is 0 Å². The molecule has 0 aliphatic carbocycles. The Kier molecular flexibility index (Phi) is 5.89. The number of nitrogens with zero attached hydrogens (tertiary/aromatic N) is 6. The van der Waals surface area contributed by atoms with E-state index >= 15 is 0 Å². The Bertz CT molecular complexity index is 2100. The molecule has 8 rings (SSSR count). The summed E-state index contributed by atoms with van der Waals surface area (Å²) in [5.74, 6) is 0. The second-order valence-corrected chi connectivity index (χ2v) is 11.0. The summed E-state index contributed by atoms with van der Waals surface area (Å²) in [6.07, 6.45) is 1.90. The summed E-state index contributed by atoms with van der Waals surface area (Å²) in [4.78, 5) is 28.3. The van der Waals surface area contributed by atoms with Crippen LogP contribution in [0.2, 0.25) is 0 Å². The molecule has 7 aromatic rings. The molecule has 4 heterocycles. The predicted octanol–water partition coefficient (Wildman–Crippen LogP) is 5.72. The molecule has 42 heavy (non-hydrogen) atoms. The molecule has 1 aliphatic rings. The summed E-state index contributed by atoms with van der Waals surface area (Å²) >= 11 is 0. The first kappa shape index (κ1) is 24.6. The number of H-pyrrole nitrogens is 2. The van der Waals surface area contributed by atoms with Gasteiger partial charge in [-0.15, -0.1) is 5.10 Å². The number of rotatable bonds is 5. The molecule has 9 heteroatoms. The molecule has 0 saturated carbocycles. The second-order valence-electron chi connectivity index (χ2n) is 11.0. The SMILES string of the molecule is O=c1[nH]c2ccccc2n1C1CCN(Cc2ccc(-c3nc4cc5nn[nH]c5cc4nc3-c3ccccc3)cc2)CC1. The summed E-state index contributed by atoms with van der Waals surface area (Å²) in [5.41, 5.74) is 10.0. The van der Waals surface area contributed by atoms with Crippen LogP contribution in [0.4, 0.5) is 0 Å². The zero-order valence-corrected chi connectivity index (χ0v) is 22.9. The van der Waals surface area contributed by atoms with E-state index in [0.29, 0.717) is 0 Å². The van der Waals surface area contributed by atoms with Gasteiger partial charge in [0.15, 0.2) is 0 Å². The molecule has 2 N–H and O–H groups in total. The average Bonchev–Trinajstić information content (AvgIpc) is 3.63. The van der Waals surface area contributed by atoms with E-state index in [1.54, 1.807) is 0 Å². The highest BCUT2D eigenvalue weighted by atomic mass is 16.1. The van der Waals surface area contributed by atoms with E-state index in [4.69, 9.17) is 9.97 Å². The van der Waals surface area contributed by atoms with Crippen molar-refractivity contribution in [2.24, 2.45) is 0 Å². The summed E-state index contributed by atoms with van der Waals surface area (Å²) in [5, 5.41) is 11.0. The molecule has 206 valence electrons.